The summed E-state index contributed by atoms with van der Waals surface area (Å²) in [6, 6.07) is 13.1. The summed E-state index contributed by atoms with van der Waals surface area (Å²) in [6.45, 7) is 0. The molecule has 0 fully saturated rings. The third kappa shape index (κ3) is 2.98. The Balaban J connectivity index is 2.26. The molecule has 19 heavy (non-hydrogen) atoms. The predicted octanol–water partition coefficient (Wildman–Crippen LogP) is 2.59. The maximum Gasteiger partial charge on any atom is 0.147 e. The van der Waals surface area contributed by atoms with Crippen LogP contribution < -0.4 is 5.73 Å². The average Bonchev–Trinajstić information content (AvgIpc) is 2.42. The molecule has 0 spiro atoms. The van der Waals surface area contributed by atoms with E-state index in [1.165, 1.54) is 18.2 Å². The SMILES string of the molecule is N#Cc1ccccc1CS(=O)c1ccc(N)c(F)c1. The summed E-state index contributed by atoms with van der Waals surface area (Å²) in [5.41, 5.74) is 6.56. The molecule has 5 heteroatoms. The molecule has 2 N–H and O–H groups in total. The molecule has 2 aromatic rings. The fourth-order valence-electron chi connectivity index (χ4n) is 1.63. The Labute approximate surface area is 112 Å². The number of nitrogens with two attached hydrogens (primary N) is 1. The van der Waals surface area contributed by atoms with Crippen molar-refractivity contribution in [1.82, 2.24) is 0 Å². The molecule has 0 saturated heterocycles. The molecule has 0 aromatic heterocycles. The highest BCUT2D eigenvalue weighted by Gasteiger charge is 2.10. The molecule has 1 atom stereocenters. The lowest BCUT2D eigenvalue weighted by Crippen LogP contribution is -2.00. The summed E-state index contributed by atoms with van der Waals surface area (Å²) in [7, 11) is -1.41. The first-order valence-corrected chi connectivity index (χ1v) is 6.85. The molecule has 0 bridgehead atoms. The number of hydrogen-bond donors (Lipinski definition) is 1. The van der Waals surface area contributed by atoms with Crippen molar-refractivity contribution < 1.29 is 8.60 Å². The Hall–Kier alpha value is -2.19. The van der Waals surface area contributed by atoms with Gasteiger partial charge in [0.05, 0.1) is 33.9 Å². The maximum absolute atomic E-state index is 13.3. The largest absolute Gasteiger partial charge is 0.396 e. The zero-order chi connectivity index (χ0) is 13.8. The van der Waals surface area contributed by atoms with Gasteiger partial charge in [0.1, 0.15) is 5.82 Å². The van der Waals surface area contributed by atoms with E-state index in [1.807, 2.05) is 6.07 Å². The van der Waals surface area contributed by atoms with E-state index in [-0.39, 0.29) is 11.4 Å². The normalized spacial score (nSPS) is 11.8. The van der Waals surface area contributed by atoms with E-state index in [2.05, 4.69) is 0 Å². The Morgan fingerprint density at radius 1 is 1.26 bits per heavy atom. The van der Waals surface area contributed by atoms with E-state index in [1.54, 1.807) is 24.3 Å². The van der Waals surface area contributed by atoms with E-state index in [0.29, 0.717) is 16.0 Å². The molecular formula is C14H11FN2OS. The molecule has 0 aliphatic heterocycles. The highest BCUT2D eigenvalue weighted by atomic mass is 32.2. The molecular weight excluding hydrogens is 263 g/mol. The number of halogens is 1. The molecule has 2 rings (SSSR count). The van der Waals surface area contributed by atoms with Crippen molar-refractivity contribution in [2.24, 2.45) is 0 Å². The van der Waals surface area contributed by atoms with E-state index >= 15 is 0 Å². The van der Waals surface area contributed by atoms with Crippen LogP contribution in [0.2, 0.25) is 0 Å². The van der Waals surface area contributed by atoms with Crippen LogP contribution in [0.15, 0.2) is 47.4 Å². The molecule has 1 unspecified atom stereocenters. The quantitative estimate of drug-likeness (QED) is 0.875. The standard InChI is InChI=1S/C14H11FN2OS/c15-13-7-12(5-6-14(13)17)19(18)9-11-4-2-1-3-10(11)8-16/h1-7H,9,17H2. The second kappa shape index (κ2) is 5.63. The van der Waals surface area contributed by atoms with Crippen molar-refractivity contribution >= 4 is 16.5 Å². The summed E-state index contributed by atoms with van der Waals surface area (Å²) in [5, 5.41) is 8.96. The van der Waals surface area contributed by atoms with Crippen LogP contribution in [0.4, 0.5) is 10.1 Å². The van der Waals surface area contributed by atoms with Gasteiger partial charge in [0, 0.05) is 4.90 Å². The smallest absolute Gasteiger partial charge is 0.147 e. The van der Waals surface area contributed by atoms with Crippen LogP contribution in [0.3, 0.4) is 0 Å². The fourth-order valence-corrected chi connectivity index (χ4v) is 2.78. The van der Waals surface area contributed by atoms with Gasteiger partial charge in [-0.15, -0.1) is 0 Å². The van der Waals surface area contributed by atoms with Crippen LogP contribution in [-0.2, 0) is 16.6 Å². The molecule has 0 radical (unpaired) electrons. The number of nitriles is 1. The average molecular weight is 274 g/mol. The first-order valence-electron chi connectivity index (χ1n) is 5.53. The van der Waals surface area contributed by atoms with E-state index in [4.69, 9.17) is 11.0 Å². The van der Waals surface area contributed by atoms with E-state index in [0.717, 1.165) is 0 Å². The number of nitrogens with zero attached hydrogens (tertiary/aromatic N) is 1. The Bertz CT molecular complexity index is 679. The van der Waals surface area contributed by atoms with Gasteiger partial charge in [-0.25, -0.2) is 4.39 Å². The molecule has 0 amide bonds. The van der Waals surface area contributed by atoms with Crippen LogP contribution in [0, 0.1) is 17.1 Å². The van der Waals surface area contributed by atoms with Crippen molar-refractivity contribution in [3.05, 3.63) is 59.4 Å². The molecule has 3 nitrogen and oxygen atoms in total. The molecule has 0 aliphatic carbocycles. The first kappa shape index (κ1) is 13.2. The summed E-state index contributed by atoms with van der Waals surface area (Å²) < 4.78 is 25.5. The number of benzene rings is 2. The Morgan fingerprint density at radius 2 is 2.00 bits per heavy atom. The van der Waals surface area contributed by atoms with Crippen LogP contribution in [-0.4, -0.2) is 4.21 Å². The van der Waals surface area contributed by atoms with Crippen LogP contribution in [0.1, 0.15) is 11.1 Å². The van der Waals surface area contributed by atoms with Crippen molar-refractivity contribution in [2.45, 2.75) is 10.6 Å². The Morgan fingerprint density at radius 3 is 2.68 bits per heavy atom. The van der Waals surface area contributed by atoms with Gasteiger partial charge in [0.15, 0.2) is 0 Å². The minimum absolute atomic E-state index is 0.0261. The predicted molar refractivity (Wildman–Crippen MR) is 72.1 cm³/mol. The number of hydrogen-bond acceptors (Lipinski definition) is 3. The highest BCUT2D eigenvalue weighted by molar-refractivity contribution is 7.84. The van der Waals surface area contributed by atoms with E-state index < -0.39 is 16.6 Å². The van der Waals surface area contributed by atoms with Gasteiger partial charge in [0.2, 0.25) is 0 Å². The summed E-state index contributed by atoms with van der Waals surface area (Å²) in [4.78, 5) is 0.361. The lowest BCUT2D eigenvalue weighted by atomic mass is 10.1. The molecule has 0 saturated carbocycles. The molecule has 0 heterocycles. The van der Waals surface area contributed by atoms with Gasteiger partial charge in [-0.1, -0.05) is 18.2 Å². The molecule has 2 aromatic carbocycles. The summed E-state index contributed by atoms with van der Waals surface area (Å²) in [6.07, 6.45) is 0. The van der Waals surface area contributed by atoms with Gasteiger partial charge < -0.3 is 5.73 Å². The summed E-state index contributed by atoms with van der Waals surface area (Å²) in [5.74, 6) is -0.410. The van der Waals surface area contributed by atoms with Crippen LogP contribution in [0.5, 0.6) is 0 Å². The van der Waals surface area contributed by atoms with Gasteiger partial charge in [-0.3, -0.25) is 4.21 Å². The number of rotatable bonds is 3. The lowest BCUT2D eigenvalue weighted by Gasteiger charge is -2.05. The van der Waals surface area contributed by atoms with E-state index in [9.17, 15) is 8.60 Å². The maximum atomic E-state index is 13.3. The van der Waals surface area contributed by atoms with Crippen molar-refractivity contribution in [1.29, 1.82) is 5.26 Å². The molecule has 96 valence electrons. The highest BCUT2D eigenvalue weighted by Crippen LogP contribution is 2.19. The second-order valence-electron chi connectivity index (χ2n) is 3.94. The van der Waals surface area contributed by atoms with Gasteiger partial charge in [0.25, 0.3) is 0 Å². The van der Waals surface area contributed by atoms with Crippen molar-refractivity contribution in [3.8, 4) is 6.07 Å². The van der Waals surface area contributed by atoms with Crippen molar-refractivity contribution in [3.63, 3.8) is 0 Å². The monoisotopic (exact) mass is 274 g/mol. The number of nitrogen functional groups attached to an aromatic ring is 1. The lowest BCUT2D eigenvalue weighted by molar-refractivity contribution is 0.627. The number of anilines is 1. The van der Waals surface area contributed by atoms with Gasteiger partial charge >= 0.3 is 0 Å². The molecule has 0 aliphatic rings. The van der Waals surface area contributed by atoms with Crippen LogP contribution >= 0.6 is 0 Å². The van der Waals surface area contributed by atoms with Crippen molar-refractivity contribution in [2.75, 3.05) is 5.73 Å². The zero-order valence-electron chi connectivity index (χ0n) is 9.97. The minimum atomic E-state index is -1.41. The third-order valence-corrected chi connectivity index (χ3v) is 4.01. The topological polar surface area (TPSA) is 66.9 Å². The second-order valence-corrected chi connectivity index (χ2v) is 5.39. The first-order chi connectivity index (χ1) is 9.11. The van der Waals surface area contributed by atoms with Gasteiger partial charge in [-0.05, 0) is 29.8 Å². The Kier molecular flexibility index (Phi) is 3.93. The van der Waals surface area contributed by atoms with Gasteiger partial charge in [-0.2, -0.15) is 5.26 Å². The summed E-state index contributed by atoms with van der Waals surface area (Å²) >= 11 is 0. The van der Waals surface area contributed by atoms with Crippen LogP contribution in [0.25, 0.3) is 0 Å². The fraction of sp³-hybridized carbons (Fsp3) is 0.0714. The third-order valence-electron chi connectivity index (χ3n) is 2.66. The minimum Gasteiger partial charge on any atom is -0.396 e. The zero-order valence-corrected chi connectivity index (χ0v) is 10.8.